The Kier molecular flexibility index (Phi) is 52.9. The summed E-state index contributed by atoms with van der Waals surface area (Å²) in [5.41, 5.74) is -8.37. The minimum absolute atomic E-state index is 0.607. The van der Waals surface area contributed by atoms with E-state index in [1.54, 1.807) is 0 Å². The molecule has 0 radical (unpaired) electrons. The SMILES string of the molecule is CCCCCC(C)(C)Oc1cc(OC(C)(C)CCCCC)c(OC(C)(C)CCCCC)c([SiH](O[SiH](c2cc(OC(C)(C)CCCCC)cc(OC(C)(C)CCCCC)c2OC(C)(C)CCCCC)c2cc(OC(C)(C)CCCCC)cc(OC(C)(C)CCCCC)c2OC(C)(C)CCCCC)c2cc(OC(C)(C)CCCCC)cc(OC(C)(C)CCCCC)c2OC(C)(C)CCCCC)c1. The number of benzene rings is 4. The van der Waals surface area contributed by atoms with E-state index in [0.29, 0.717) is 69.0 Å². The van der Waals surface area contributed by atoms with Gasteiger partial charge in [-0.15, -0.1) is 0 Å². The Bertz CT molecular complexity index is 3440. The molecule has 4 rings (SSSR count). The Morgan fingerprint density at radius 3 is 0.400 bits per heavy atom. The maximum atomic E-state index is 9.84. The third-order valence-corrected chi connectivity index (χ3v) is 33.0. The van der Waals surface area contributed by atoms with Crippen molar-refractivity contribution < 1.29 is 61.0 Å². The normalized spacial score (nSPS) is 13.1. The summed E-state index contributed by atoms with van der Waals surface area (Å²) < 4.78 is 107. The monoisotopic (exact) mass is 1920 g/mol. The van der Waals surface area contributed by atoms with Crippen LogP contribution in [0.2, 0.25) is 0 Å². The smallest absolute Gasteiger partial charge is 0.236 e. The molecule has 0 N–H and O–H groups in total. The molecule has 0 heterocycles. The largest absolute Gasteiger partial charge is 0.488 e. The van der Waals surface area contributed by atoms with Crippen molar-refractivity contribution in [3.8, 4) is 69.0 Å². The fraction of sp³-hybridized carbons (Fsp3) is 0.800. The summed E-state index contributed by atoms with van der Waals surface area (Å²) in [6.45, 7) is 82.0. The van der Waals surface area contributed by atoms with Gasteiger partial charge in [0.2, 0.25) is 18.1 Å². The Morgan fingerprint density at radius 2 is 0.274 bits per heavy atom. The number of hydrogen-bond acceptors (Lipinski definition) is 13. The van der Waals surface area contributed by atoms with Crippen LogP contribution in [0.15, 0.2) is 48.5 Å². The van der Waals surface area contributed by atoms with E-state index in [0.717, 1.165) is 329 Å². The summed E-state index contributed by atoms with van der Waals surface area (Å²) in [7, 11) is -7.90. The summed E-state index contributed by atoms with van der Waals surface area (Å²) in [6.07, 6.45) is 47.1. The third kappa shape index (κ3) is 46.7. The number of unbranched alkanes of at least 4 members (excludes halogenated alkanes) is 24. The molecule has 0 aromatic heterocycles. The topological polar surface area (TPSA) is 120 Å². The molecule has 0 bridgehead atoms. The maximum absolute atomic E-state index is 9.84. The van der Waals surface area contributed by atoms with Crippen molar-refractivity contribution in [2.45, 2.75) is 625 Å². The number of hydrogen-bond donors (Lipinski definition) is 0. The second-order valence-corrected chi connectivity index (χ2v) is 53.2. The van der Waals surface area contributed by atoms with Gasteiger partial charge in [0.25, 0.3) is 0 Å². The van der Waals surface area contributed by atoms with E-state index in [1.807, 2.05) is 0 Å². The predicted octanol–water partition coefficient (Wildman–Crippen LogP) is 34.9. The van der Waals surface area contributed by atoms with Crippen LogP contribution in [0, 0.1) is 0 Å². The van der Waals surface area contributed by atoms with Gasteiger partial charge in [-0.2, -0.15) is 0 Å². The first kappa shape index (κ1) is 122. The van der Waals surface area contributed by atoms with Crippen LogP contribution < -0.4 is 77.6 Å². The Balaban J connectivity index is 3.07. The van der Waals surface area contributed by atoms with Crippen molar-refractivity contribution >= 4 is 38.8 Å². The molecule has 15 heteroatoms. The molecule has 0 saturated carbocycles. The quantitative estimate of drug-likeness (QED) is 0.0308. The van der Waals surface area contributed by atoms with Gasteiger partial charge in [-0.1, -0.05) is 237 Å². The highest BCUT2D eigenvalue weighted by atomic mass is 28.4. The zero-order valence-corrected chi connectivity index (χ0v) is 97.3. The highest BCUT2D eigenvalue weighted by Gasteiger charge is 2.46. The van der Waals surface area contributed by atoms with Gasteiger partial charge in [0.15, 0.2) is 46.0 Å². The first-order valence-corrected chi connectivity index (χ1v) is 59.1. The van der Waals surface area contributed by atoms with Crippen LogP contribution in [0.25, 0.3) is 0 Å². The van der Waals surface area contributed by atoms with E-state index < -0.39 is 85.3 Å². The molecular weight excluding hydrogens is 1710 g/mol. The molecule has 0 unspecified atom stereocenters. The van der Waals surface area contributed by atoms with E-state index in [-0.39, 0.29) is 0 Å². The summed E-state index contributed by atoms with van der Waals surface area (Å²) >= 11 is 0. The summed E-state index contributed by atoms with van der Waals surface area (Å²) in [5.74, 6) is 7.59. The zero-order valence-electron chi connectivity index (χ0n) is 95.0. The van der Waals surface area contributed by atoms with Gasteiger partial charge in [0, 0.05) is 45.0 Å². The average Bonchev–Trinajstić information content (AvgIpc) is 0.739. The van der Waals surface area contributed by atoms with Gasteiger partial charge in [-0.05, 0) is 345 Å². The van der Waals surface area contributed by atoms with Gasteiger partial charge in [0.1, 0.15) is 90.2 Å². The molecule has 135 heavy (non-hydrogen) atoms. The van der Waals surface area contributed by atoms with Crippen LogP contribution >= 0.6 is 0 Å². The molecule has 0 amide bonds. The van der Waals surface area contributed by atoms with E-state index in [4.69, 9.17) is 56.8 Å². The lowest BCUT2D eigenvalue weighted by Crippen LogP contribution is -2.58. The van der Waals surface area contributed by atoms with E-state index in [1.165, 1.54) is 0 Å². The van der Waals surface area contributed by atoms with E-state index in [9.17, 15) is 4.12 Å². The minimum Gasteiger partial charge on any atom is -0.488 e. The van der Waals surface area contributed by atoms with Gasteiger partial charge in [-0.25, -0.2) is 0 Å². The number of rotatable bonds is 78. The maximum Gasteiger partial charge on any atom is 0.236 e. The van der Waals surface area contributed by atoms with Crippen molar-refractivity contribution in [3.05, 3.63) is 48.5 Å². The van der Waals surface area contributed by atoms with Crippen LogP contribution in [-0.4, -0.2) is 85.3 Å². The fourth-order valence-corrected chi connectivity index (χ4v) is 25.8. The molecular formula is C120H214O13Si2. The molecule has 0 saturated heterocycles. The molecule has 0 aliphatic heterocycles. The standard InChI is InChI=1S/C120H214O13Si2/c1-37-49-61-73-109(13,14)121-93-85-97(125-113(21,22)77-65-53-41-5)105(129-117(29,30)81-69-57-45-9)101(89-93)134(102-90-94(122-110(15,16)74-62-50-38-2)86-98(126-114(23,24)78-66-54-42-6)106(102)130-118(31,32)82-70-58-46-10)133-135(103-91-95(123-111(17,18)75-63-51-39-3)87-99(127-115(25,26)79-67-55-43-7)107(103)131-119(33,34)83-71-59-47-11)104-92-96(124-112(19,20)76-64-52-40-4)88-100(128-116(27,28)80-68-56-44-8)108(104)132-120(35,36)84-72-60-48-12/h85-92,134-135H,37-84H2,1-36H3. The fourth-order valence-electron chi connectivity index (χ4n) is 18.7. The summed E-state index contributed by atoms with van der Waals surface area (Å²) in [5, 5.41) is 3.33. The van der Waals surface area contributed by atoms with E-state index >= 15 is 0 Å². The minimum atomic E-state index is -3.95. The molecule has 780 valence electrons. The molecule has 4 aromatic rings. The lowest BCUT2D eigenvalue weighted by Gasteiger charge is -2.39. The van der Waals surface area contributed by atoms with Gasteiger partial charge in [-0.3, -0.25) is 0 Å². The van der Waals surface area contributed by atoms with Crippen LogP contribution in [0.3, 0.4) is 0 Å². The van der Waals surface area contributed by atoms with Gasteiger partial charge in [0.05, 0.1) is 0 Å². The highest BCUT2D eigenvalue weighted by molar-refractivity contribution is 6.93. The van der Waals surface area contributed by atoms with Crippen molar-refractivity contribution in [1.29, 1.82) is 0 Å². The van der Waals surface area contributed by atoms with Crippen LogP contribution in [0.4, 0.5) is 0 Å². The molecule has 0 atom stereocenters. The predicted molar refractivity (Wildman–Crippen MR) is 586 cm³/mol. The van der Waals surface area contributed by atoms with Crippen molar-refractivity contribution in [2.75, 3.05) is 0 Å². The second kappa shape index (κ2) is 58.5. The Hall–Kier alpha value is -5.13. The molecule has 4 aromatic carbocycles. The van der Waals surface area contributed by atoms with Crippen molar-refractivity contribution in [1.82, 2.24) is 0 Å². The lowest BCUT2D eigenvalue weighted by molar-refractivity contribution is 0.0632. The third-order valence-electron chi connectivity index (χ3n) is 26.9. The van der Waals surface area contributed by atoms with Crippen LogP contribution in [0.5, 0.6) is 69.0 Å². The van der Waals surface area contributed by atoms with Gasteiger partial charge < -0.3 is 61.0 Å². The first-order valence-electron chi connectivity index (χ1n) is 55.9. The second-order valence-electron chi connectivity index (χ2n) is 48.1. The number of ether oxygens (including phenoxy) is 12. The molecule has 0 fully saturated rings. The molecule has 13 nitrogen and oxygen atoms in total. The Labute approximate surface area is 836 Å². The highest BCUT2D eigenvalue weighted by Crippen LogP contribution is 2.48. The van der Waals surface area contributed by atoms with Crippen molar-refractivity contribution in [2.24, 2.45) is 0 Å². The molecule has 0 aliphatic rings. The Morgan fingerprint density at radius 1 is 0.156 bits per heavy atom. The first-order chi connectivity index (χ1) is 63.2. The van der Waals surface area contributed by atoms with E-state index in [2.05, 4.69) is 298 Å². The lowest BCUT2D eigenvalue weighted by atomic mass is 9.99. The molecule has 0 aliphatic carbocycles. The average molecular weight is 1920 g/mol. The van der Waals surface area contributed by atoms with Gasteiger partial charge >= 0.3 is 0 Å². The van der Waals surface area contributed by atoms with Crippen LogP contribution in [-0.2, 0) is 4.12 Å². The molecule has 0 spiro atoms. The summed E-state index contributed by atoms with van der Waals surface area (Å²) in [4.78, 5) is 0. The van der Waals surface area contributed by atoms with Crippen molar-refractivity contribution in [3.63, 3.8) is 0 Å². The zero-order chi connectivity index (χ0) is 101. The summed E-state index contributed by atoms with van der Waals surface area (Å²) in [6, 6.07) is 18.0. The van der Waals surface area contributed by atoms with Crippen LogP contribution in [0.1, 0.15) is 557 Å².